The van der Waals surface area contributed by atoms with E-state index < -0.39 is 0 Å². The van der Waals surface area contributed by atoms with Crippen LogP contribution >= 0.6 is 0 Å². The molecule has 4 aromatic carbocycles. The molecule has 12 aromatic rings. The zero-order valence-electron chi connectivity index (χ0n) is 86.5. The minimum Gasteiger partial charge on any atom is -0.497 e. The summed E-state index contributed by atoms with van der Waals surface area (Å²) < 4.78 is 32.5. The Labute approximate surface area is 866 Å². The third-order valence-corrected chi connectivity index (χ3v) is 24.6. The standard InChI is InChI=1S/C28H33N7O4.C28H33N7O3.C27H31N7O3.C26H30N6O3/c1-6-22(37)13-20-14-23(38-4)7-8-24(20)31-27-18(2)17-29-28(33-27)30-21-15-25(32-26(16-21)39-5)35-11-9-34(10-12-35)19(3)36;1-6-23(37)14-21-13-18(2)7-8-24(21)31-27-19(3)17-29-28(33-27)30-22-15-25(32-26(16-22)38-5)35-11-9-34(10-12-35)20(4)36;1-5-22(36)14-20-8-6-7-9-23(20)30-26-18(2)17-28-27(32-26)29-21-15-24(31-25(16-21)37-4)34-12-10-33(11-13-34)19(3)35;1-5-21(33)13-19-12-17(2)6-7-22(19)29-25-18(3)16-27-26(31-25)28-20-14-23(30-24(15-20)34-4)32-8-10-35-11-9-32/h6-8,14-17H,1,9-13H2,2-5H3,(H2,29,30,31,32,33);6-8,13,15-17H,1,9-12,14H2,2-5H3,(H2,29,30,31,32,33);5-9,15-17H,1,10-14H2,2-4H3,(H2,28,29,30,31,32);5-7,12,14-16H,1,8-11,13H2,2-4H3,(H2,27,28,29,30,31). The van der Waals surface area contributed by atoms with Gasteiger partial charge in [0.25, 0.3) is 0 Å². The number of carbonyl (C=O) groups is 7. The number of aromatic nitrogens is 12. The first-order chi connectivity index (χ1) is 71.8. The summed E-state index contributed by atoms with van der Waals surface area (Å²) in [5.41, 5.74) is 15.0. The van der Waals surface area contributed by atoms with Crippen molar-refractivity contribution in [3.05, 3.63) is 258 Å². The summed E-state index contributed by atoms with van der Waals surface area (Å²) in [6, 6.07) is 39.8. The number of anilines is 20. The van der Waals surface area contributed by atoms with E-state index in [9.17, 15) is 33.6 Å². The zero-order chi connectivity index (χ0) is 106. The van der Waals surface area contributed by atoms with Crippen molar-refractivity contribution in [2.45, 2.75) is 88.0 Å². The molecule has 4 saturated heterocycles. The van der Waals surface area contributed by atoms with E-state index in [2.05, 4.69) is 138 Å². The second-order valence-electron chi connectivity index (χ2n) is 35.4. The van der Waals surface area contributed by atoms with Gasteiger partial charge in [-0.05, 0) is 124 Å². The molecule has 4 aliphatic rings. The first-order valence-electron chi connectivity index (χ1n) is 48.5. The number of piperazine rings is 3. The summed E-state index contributed by atoms with van der Waals surface area (Å²) in [6.45, 7) is 41.5. The van der Waals surface area contributed by atoms with E-state index in [1.165, 1.54) is 24.3 Å². The molecule has 0 bridgehead atoms. The first kappa shape index (κ1) is 109. The number of aryl methyl sites for hydroxylation is 6. The SMILES string of the molecule is C=CC(=O)Cc1cc(C)ccc1Nc1nc(Nc2cc(OC)nc(N3CCN(C(C)=O)CC3)c2)ncc1C.C=CC(=O)Cc1cc(C)ccc1Nc1nc(Nc2cc(OC)nc(N3CCOCC3)c2)ncc1C.C=CC(=O)Cc1cc(OC)ccc1Nc1nc(Nc2cc(OC)nc(N3CCN(C(C)=O)CC3)c2)ncc1C.C=CC(=O)Cc1ccccc1Nc1nc(Nc2cc(OC)nc(N3CCN(C(C)=O)CC3)c2)ncc1C. The summed E-state index contributed by atoms with van der Waals surface area (Å²) in [7, 11) is 7.89. The number of para-hydroxylation sites is 1. The van der Waals surface area contributed by atoms with Crippen LogP contribution in [0.4, 0.5) is 116 Å². The van der Waals surface area contributed by atoms with Crippen LogP contribution < -0.4 is 85.8 Å². The van der Waals surface area contributed by atoms with Crippen LogP contribution in [0.25, 0.3) is 0 Å². The van der Waals surface area contributed by atoms with Crippen LogP contribution in [0.2, 0.25) is 0 Å². The molecule has 40 nitrogen and oxygen atoms in total. The Morgan fingerprint density at radius 3 is 0.859 bits per heavy atom. The number of benzene rings is 4. The molecular weight excluding hydrogens is 1900 g/mol. The molecule has 12 heterocycles. The number of methoxy groups -OCH3 is 5. The van der Waals surface area contributed by atoms with E-state index in [0.29, 0.717) is 174 Å². The number of morpholine rings is 1. The lowest BCUT2D eigenvalue weighted by Crippen LogP contribution is -2.48. The van der Waals surface area contributed by atoms with Crippen LogP contribution in [0.1, 0.15) is 76.4 Å². The maximum Gasteiger partial charge on any atom is 0.229 e. The number of allylic oxidation sites excluding steroid dienone is 4. The molecule has 4 fully saturated rings. The van der Waals surface area contributed by atoms with E-state index >= 15 is 0 Å². The van der Waals surface area contributed by atoms with Gasteiger partial charge in [0.05, 0.1) is 48.8 Å². The van der Waals surface area contributed by atoms with Crippen LogP contribution in [0.5, 0.6) is 29.3 Å². The largest absolute Gasteiger partial charge is 0.497 e. The molecule has 16 rings (SSSR count). The molecule has 149 heavy (non-hydrogen) atoms. The lowest BCUT2D eigenvalue weighted by molar-refractivity contribution is -0.129. The van der Waals surface area contributed by atoms with E-state index in [0.717, 1.165) is 132 Å². The molecule has 8 N–H and O–H groups in total. The quantitative estimate of drug-likeness (QED) is 0.0168. The third kappa shape index (κ3) is 30.8. The fraction of sp³-hybridized carbons (Fsp3) is 0.312. The normalized spacial score (nSPS) is 13.2. The minimum atomic E-state index is -0.0989. The molecule has 0 saturated carbocycles. The van der Waals surface area contributed by atoms with Crippen molar-refractivity contribution in [2.24, 2.45) is 0 Å². The van der Waals surface area contributed by atoms with Crippen molar-refractivity contribution in [1.82, 2.24) is 74.5 Å². The number of carbonyl (C=O) groups excluding carboxylic acids is 7. The van der Waals surface area contributed by atoms with Gasteiger partial charge in [-0.1, -0.05) is 79.9 Å². The van der Waals surface area contributed by atoms with Crippen molar-refractivity contribution in [3.8, 4) is 29.3 Å². The molecule has 8 aromatic heterocycles. The van der Waals surface area contributed by atoms with E-state index in [-0.39, 0.29) is 66.5 Å². The highest BCUT2D eigenvalue weighted by atomic mass is 16.5. The molecule has 0 radical (unpaired) electrons. The molecule has 0 unspecified atom stereocenters. The zero-order valence-corrected chi connectivity index (χ0v) is 86.5. The van der Waals surface area contributed by atoms with Gasteiger partial charge >= 0.3 is 0 Å². The molecule has 776 valence electrons. The van der Waals surface area contributed by atoms with Crippen LogP contribution in [-0.4, -0.2) is 256 Å². The Bertz CT molecular complexity index is 6860. The summed E-state index contributed by atoms with van der Waals surface area (Å²) in [6.07, 6.45) is 13.2. The van der Waals surface area contributed by atoms with Crippen LogP contribution in [0, 0.1) is 41.5 Å². The molecule has 3 amide bonds. The number of hydrogen-bond acceptors (Lipinski definition) is 37. The van der Waals surface area contributed by atoms with E-state index in [1.807, 2.05) is 159 Å². The van der Waals surface area contributed by atoms with Crippen molar-refractivity contribution in [3.63, 3.8) is 0 Å². The highest BCUT2D eigenvalue weighted by Crippen LogP contribution is 2.37. The maximum absolute atomic E-state index is 12.1. The molecular formula is C109H127N27O13. The minimum absolute atomic E-state index is 0.0388. The maximum atomic E-state index is 12.1. The van der Waals surface area contributed by atoms with Gasteiger partial charge in [-0.25, -0.2) is 19.9 Å². The Morgan fingerprint density at radius 1 is 0.309 bits per heavy atom. The number of hydrogen-bond donors (Lipinski definition) is 8. The molecule has 0 aliphatic carbocycles. The number of nitrogens with one attached hydrogen (secondary N) is 8. The number of ether oxygens (including phenoxy) is 6. The summed E-state index contributed by atoms with van der Waals surface area (Å²) in [5, 5.41) is 26.5. The van der Waals surface area contributed by atoms with Crippen molar-refractivity contribution in [2.75, 3.05) is 203 Å². The summed E-state index contributed by atoms with van der Waals surface area (Å²) >= 11 is 0. The average molecular weight is 2020 g/mol. The average Bonchev–Trinajstić information content (AvgIpc) is 0.820. The van der Waals surface area contributed by atoms with Gasteiger partial charge in [0.1, 0.15) is 52.3 Å². The van der Waals surface area contributed by atoms with Gasteiger partial charge in [-0.15, -0.1) is 0 Å². The second-order valence-corrected chi connectivity index (χ2v) is 35.4. The molecule has 4 aliphatic heterocycles. The van der Waals surface area contributed by atoms with Crippen LogP contribution in [0.15, 0.2) is 203 Å². The number of rotatable bonds is 37. The number of amides is 3. The lowest BCUT2D eigenvalue weighted by Gasteiger charge is -2.35. The van der Waals surface area contributed by atoms with Gasteiger partial charge in [-0.2, -0.15) is 39.9 Å². The molecule has 40 heteroatoms. The lowest BCUT2D eigenvalue weighted by atomic mass is 10.0. The predicted molar refractivity (Wildman–Crippen MR) is 580 cm³/mol. The fourth-order valence-corrected chi connectivity index (χ4v) is 16.2. The Balaban J connectivity index is 0.000000166. The molecule has 0 atom stereocenters. The van der Waals surface area contributed by atoms with Gasteiger partial charge in [0.2, 0.25) is 65.0 Å². The monoisotopic (exact) mass is 2020 g/mol. The first-order valence-corrected chi connectivity index (χ1v) is 48.5. The Morgan fingerprint density at radius 2 is 0.577 bits per heavy atom. The highest BCUT2D eigenvalue weighted by molar-refractivity contribution is 5.95. The smallest absolute Gasteiger partial charge is 0.229 e. The van der Waals surface area contributed by atoms with Crippen LogP contribution in [0.3, 0.4) is 0 Å². The number of nitrogens with zero attached hydrogens (tertiary/aromatic N) is 19. The topological polar surface area (TPSA) is 448 Å². The fourth-order valence-electron chi connectivity index (χ4n) is 16.2. The highest BCUT2D eigenvalue weighted by Gasteiger charge is 2.28. The number of ketones is 4. The number of pyridine rings is 4. The second kappa shape index (κ2) is 52.3. The Kier molecular flexibility index (Phi) is 38.1. The van der Waals surface area contributed by atoms with Crippen molar-refractivity contribution >= 4 is 157 Å². The van der Waals surface area contributed by atoms with Gasteiger partial charge in [0, 0.05) is 279 Å². The Hall–Kier alpha value is -17.6. The molecule has 0 spiro atoms. The van der Waals surface area contributed by atoms with Crippen LogP contribution in [-0.2, 0) is 64.0 Å². The van der Waals surface area contributed by atoms with E-state index in [1.54, 1.807) is 105 Å². The third-order valence-electron chi connectivity index (χ3n) is 24.6. The summed E-state index contributed by atoms with van der Waals surface area (Å²) in [4.78, 5) is 152. The van der Waals surface area contributed by atoms with Gasteiger partial charge in [-0.3, -0.25) is 33.6 Å². The summed E-state index contributed by atoms with van der Waals surface area (Å²) in [5.74, 6) is 9.62. The van der Waals surface area contributed by atoms with Gasteiger partial charge in [0.15, 0.2) is 23.1 Å². The van der Waals surface area contributed by atoms with Crippen molar-refractivity contribution < 1.29 is 62.0 Å². The van der Waals surface area contributed by atoms with Crippen molar-refractivity contribution in [1.29, 1.82) is 0 Å². The van der Waals surface area contributed by atoms with Gasteiger partial charge < -0.3 is 105 Å². The van der Waals surface area contributed by atoms with E-state index in [4.69, 9.17) is 38.4 Å². The predicted octanol–water partition coefficient (Wildman–Crippen LogP) is 15.4.